The summed E-state index contributed by atoms with van der Waals surface area (Å²) in [6.45, 7) is 3.63. The predicted molar refractivity (Wildman–Crippen MR) is 74.2 cm³/mol. The van der Waals surface area contributed by atoms with Crippen LogP contribution in [0, 0.1) is 5.92 Å². The largest absolute Gasteiger partial charge is 0.491 e. The Balaban J connectivity index is 1.87. The maximum atomic E-state index is 5.58. The van der Waals surface area contributed by atoms with E-state index in [1.165, 1.54) is 31.2 Å². The van der Waals surface area contributed by atoms with Crippen LogP contribution >= 0.6 is 0 Å². The van der Waals surface area contributed by atoms with Crippen LogP contribution in [0.3, 0.4) is 0 Å². The van der Waals surface area contributed by atoms with Crippen molar-refractivity contribution in [2.75, 3.05) is 20.3 Å². The summed E-state index contributed by atoms with van der Waals surface area (Å²) in [6, 6.07) is 8.62. The Labute approximate surface area is 110 Å². The molecule has 1 saturated carbocycles. The lowest BCUT2D eigenvalue weighted by Crippen LogP contribution is -2.10. The Bertz CT molecular complexity index is 337. The third-order valence-corrected chi connectivity index (χ3v) is 3.92. The van der Waals surface area contributed by atoms with Gasteiger partial charge in [0, 0.05) is 7.11 Å². The molecule has 0 radical (unpaired) electrons. The highest BCUT2D eigenvalue weighted by Crippen LogP contribution is 2.35. The average Bonchev–Trinajstić information content (AvgIpc) is 2.41. The zero-order valence-corrected chi connectivity index (χ0v) is 11.5. The predicted octanol–water partition coefficient (Wildman–Crippen LogP) is 4.01. The summed E-state index contributed by atoms with van der Waals surface area (Å²) < 4.78 is 10.5. The first-order chi connectivity index (χ1) is 8.79. The molecule has 0 spiro atoms. The van der Waals surface area contributed by atoms with Crippen LogP contribution in [0.4, 0.5) is 0 Å². The van der Waals surface area contributed by atoms with Gasteiger partial charge in [0.05, 0.1) is 6.61 Å². The van der Waals surface area contributed by atoms with Crippen molar-refractivity contribution < 1.29 is 9.47 Å². The Hall–Kier alpha value is -1.02. The molecule has 1 aliphatic carbocycles. The van der Waals surface area contributed by atoms with E-state index >= 15 is 0 Å². The number of hydrogen-bond donors (Lipinski definition) is 0. The molecule has 0 atom stereocenters. The Morgan fingerprint density at radius 3 is 2.28 bits per heavy atom. The highest BCUT2D eigenvalue weighted by molar-refractivity contribution is 5.29. The van der Waals surface area contributed by atoms with Crippen LogP contribution in [0.15, 0.2) is 24.3 Å². The lowest BCUT2D eigenvalue weighted by Gasteiger charge is -2.26. The second kappa shape index (κ2) is 6.79. The Morgan fingerprint density at radius 2 is 1.67 bits per heavy atom. The topological polar surface area (TPSA) is 18.5 Å². The van der Waals surface area contributed by atoms with Crippen molar-refractivity contribution in [3.63, 3.8) is 0 Å². The fraction of sp³-hybridized carbons (Fsp3) is 0.625. The second-order valence-corrected chi connectivity index (χ2v) is 5.37. The normalized spacial score (nSPS) is 23.9. The first kappa shape index (κ1) is 13.4. The smallest absolute Gasteiger partial charge is 0.119 e. The third kappa shape index (κ3) is 3.74. The van der Waals surface area contributed by atoms with Gasteiger partial charge in [-0.05, 0) is 42.4 Å². The minimum atomic E-state index is 0.622. The van der Waals surface area contributed by atoms with E-state index in [0.717, 1.165) is 17.6 Å². The summed E-state index contributed by atoms with van der Waals surface area (Å²) in [5.74, 6) is 2.62. The second-order valence-electron chi connectivity index (χ2n) is 5.37. The Kier molecular flexibility index (Phi) is 5.06. The molecule has 2 rings (SSSR count). The third-order valence-electron chi connectivity index (χ3n) is 3.92. The van der Waals surface area contributed by atoms with Gasteiger partial charge < -0.3 is 9.47 Å². The van der Waals surface area contributed by atoms with Crippen LogP contribution in [0.25, 0.3) is 0 Å². The van der Waals surface area contributed by atoms with Crippen molar-refractivity contribution >= 4 is 0 Å². The van der Waals surface area contributed by atoms with Crippen LogP contribution in [0.2, 0.25) is 0 Å². The molecule has 2 nitrogen and oxygen atoms in total. The van der Waals surface area contributed by atoms with Crippen molar-refractivity contribution in [3.05, 3.63) is 29.8 Å². The zero-order valence-electron chi connectivity index (χ0n) is 11.5. The minimum absolute atomic E-state index is 0.622. The van der Waals surface area contributed by atoms with Crippen LogP contribution in [0.1, 0.15) is 44.1 Å². The number of rotatable bonds is 5. The van der Waals surface area contributed by atoms with Gasteiger partial charge >= 0.3 is 0 Å². The lowest BCUT2D eigenvalue weighted by atomic mass is 9.79. The van der Waals surface area contributed by atoms with Gasteiger partial charge in [-0.3, -0.25) is 0 Å². The molecule has 1 aromatic rings. The lowest BCUT2D eigenvalue weighted by molar-refractivity contribution is 0.146. The molecule has 0 amide bonds. The van der Waals surface area contributed by atoms with Gasteiger partial charge in [-0.15, -0.1) is 0 Å². The van der Waals surface area contributed by atoms with Crippen molar-refractivity contribution in [1.29, 1.82) is 0 Å². The summed E-state index contributed by atoms with van der Waals surface area (Å²) in [6.07, 6.45) is 5.42. The van der Waals surface area contributed by atoms with Gasteiger partial charge in [-0.2, -0.15) is 0 Å². The van der Waals surface area contributed by atoms with Gasteiger partial charge in [0.2, 0.25) is 0 Å². The standard InChI is InChI=1S/C16H24O2/c1-13-3-5-14(6-4-13)15-7-9-16(10-8-15)18-12-11-17-2/h7-10,13-14H,3-6,11-12H2,1-2H3. The molecule has 0 bridgehead atoms. The molecule has 0 aliphatic heterocycles. The molecular weight excluding hydrogens is 224 g/mol. The molecule has 0 saturated heterocycles. The summed E-state index contributed by atoms with van der Waals surface area (Å²) >= 11 is 0. The number of hydrogen-bond acceptors (Lipinski definition) is 2. The summed E-state index contributed by atoms with van der Waals surface area (Å²) in [5, 5.41) is 0. The first-order valence-corrected chi connectivity index (χ1v) is 7.01. The molecular formula is C16H24O2. The molecule has 100 valence electrons. The average molecular weight is 248 g/mol. The molecule has 0 N–H and O–H groups in total. The minimum Gasteiger partial charge on any atom is -0.491 e. The maximum absolute atomic E-state index is 5.58. The highest BCUT2D eigenvalue weighted by atomic mass is 16.5. The highest BCUT2D eigenvalue weighted by Gasteiger charge is 2.19. The fourth-order valence-electron chi connectivity index (χ4n) is 2.67. The van der Waals surface area contributed by atoms with Gasteiger partial charge in [0.25, 0.3) is 0 Å². The number of benzene rings is 1. The molecule has 0 aromatic heterocycles. The number of methoxy groups -OCH3 is 1. The van der Waals surface area contributed by atoms with Crippen molar-refractivity contribution in [1.82, 2.24) is 0 Å². The SMILES string of the molecule is COCCOc1ccc(C2CCC(C)CC2)cc1. The fourth-order valence-corrected chi connectivity index (χ4v) is 2.67. The van der Waals surface area contributed by atoms with Gasteiger partial charge in [0.1, 0.15) is 12.4 Å². The van der Waals surface area contributed by atoms with Gasteiger partial charge in [-0.1, -0.05) is 31.9 Å². The van der Waals surface area contributed by atoms with Crippen LogP contribution < -0.4 is 4.74 Å². The van der Waals surface area contributed by atoms with Crippen LogP contribution in [0.5, 0.6) is 5.75 Å². The van der Waals surface area contributed by atoms with Gasteiger partial charge in [-0.25, -0.2) is 0 Å². The van der Waals surface area contributed by atoms with Crippen LogP contribution in [-0.4, -0.2) is 20.3 Å². The molecule has 1 aliphatic rings. The maximum Gasteiger partial charge on any atom is 0.119 e. The van der Waals surface area contributed by atoms with E-state index < -0.39 is 0 Å². The van der Waals surface area contributed by atoms with Crippen molar-refractivity contribution in [2.24, 2.45) is 5.92 Å². The summed E-state index contributed by atoms with van der Waals surface area (Å²) in [5.41, 5.74) is 1.47. The van der Waals surface area contributed by atoms with Crippen molar-refractivity contribution in [3.8, 4) is 5.75 Å². The summed E-state index contributed by atoms with van der Waals surface area (Å²) in [4.78, 5) is 0. The zero-order chi connectivity index (χ0) is 12.8. The molecule has 1 aromatic carbocycles. The molecule has 2 heteroatoms. The van der Waals surface area contributed by atoms with Crippen LogP contribution in [-0.2, 0) is 4.74 Å². The molecule has 1 fully saturated rings. The molecule has 0 unspecified atom stereocenters. The van der Waals surface area contributed by atoms with E-state index in [4.69, 9.17) is 9.47 Å². The van der Waals surface area contributed by atoms with E-state index in [1.807, 2.05) is 0 Å². The summed E-state index contributed by atoms with van der Waals surface area (Å²) in [7, 11) is 1.69. The quantitative estimate of drug-likeness (QED) is 0.733. The van der Waals surface area contributed by atoms with E-state index in [2.05, 4.69) is 31.2 Å². The van der Waals surface area contributed by atoms with Gasteiger partial charge in [0.15, 0.2) is 0 Å². The van der Waals surface area contributed by atoms with E-state index in [9.17, 15) is 0 Å². The first-order valence-electron chi connectivity index (χ1n) is 7.01. The van der Waals surface area contributed by atoms with E-state index in [1.54, 1.807) is 7.11 Å². The monoisotopic (exact) mass is 248 g/mol. The molecule has 0 heterocycles. The van der Waals surface area contributed by atoms with E-state index in [-0.39, 0.29) is 0 Å². The number of ether oxygens (including phenoxy) is 2. The van der Waals surface area contributed by atoms with E-state index in [0.29, 0.717) is 13.2 Å². The molecule has 18 heavy (non-hydrogen) atoms. The van der Waals surface area contributed by atoms with Crippen molar-refractivity contribution in [2.45, 2.75) is 38.5 Å². The Morgan fingerprint density at radius 1 is 1.00 bits per heavy atom.